The molecule has 0 aliphatic rings. The number of carbonyl (C=O) groups excluding carboxylic acids is 1. The lowest BCUT2D eigenvalue weighted by atomic mass is 10.2. The molecule has 0 radical (unpaired) electrons. The number of pyridine rings is 1. The van der Waals surface area contributed by atoms with Crippen molar-refractivity contribution in [3.63, 3.8) is 0 Å². The number of phenolic OH excluding ortho intramolecular Hbond substituents is 1. The molecule has 2 aromatic carbocycles. The molecular weight excluding hydrogens is 318 g/mol. The normalized spacial score (nSPS) is 10.6. The summed E-state index contributed by atoms with van der Waals surface area (Å²) in [4.78, 5) is 16.1. The van der Waals surface area contributed by atoms with Crippen molar-refractivity contribution in [2.45, 2.75) is 0 Å². The monoisotopic (exact) mass is 333 g/mol. The Balaban J connectivity index is 1.64. The van der Waals surface area contributed by atoms with Gasteiger partial charge in [-0.2, -0.15) is 5.10 Å². The minimum Gasteiger partial charge on any atom is -0.508 e. The van der Waals surface area contributed by atoms with Crippen LogP contribution in [-0.2, 0) is 0 Å². The predicted molar refractivity (Wildman–Crippen MR) is 93.9 cm³/mol. The van der Waals surface area contributed by atoms with E-state index in [4.69, 9.17) is 4.74 Å². The lowest BCUT2D eigenvalue weighted by Crippen LogP contribution is -2.18. The van der Waals surface area contributed by atoms with Gasteiger partial charge in [-0.05, 0) is 48.0 Å². The van der Waals surface area contributed by atoms with Gasteiger partial charge in [0.1, 0.15) is 22.9 Å². The Morgan fingerprint density at radius 1 is 1.04 bits per heavy atom. The fourth-order valence-electron chi connectivity index (χ4n) is 2.01. The Hall–Kier alpha value is -3.67. The molecule has 3 aromatic rings. The van der Waals surface area contributed by atoms with E-state index in [0.29, 0.717) is 11.5 Å². The van der Waals surface area contributed by atoms with Crippen molar-refractivity contribution in [1.29, 1.82) is 0 Å². The molecule has 1 heterocycles. The maximum atomic E-state index is 12.1. The highest BCUT2D eigenvalue weighted by molar-refractivity contribution is 5.93. The van der Waals surface area contributed by atoms with Crippen molar-refractivity contribution in [2.24, 2.45) is 5.10 Å². The number of hydrogen-bond acceptors (Lipinski definition) is 5. The lowest BCUT2D eigenvalue weighted by molar-refractivity contribution is 0.0950. The standard InChI is InChI=1S/C19H15N3O3/c23-15-8-6-14(7-9-15)13-21-22-19(24)18-12-17(10-11-20-18)25-16-4-2-1-3-5-16/h1-13,23H,(H,22,24). The van der Waals surface area contributed by atoms with Crippen LogP contribution in [0.4, 0.5) is 0 Å². The van der Waals surface area contributed by atoms with Crippen molar-refractivity contribution >= 4 is 12.1 Å². The first-order valence-corrected chi connectivity index (χ1v) is 7.52. The maximum Gasteiger partial charge on any atom is 0.290 e. The van der Waals surface area contributed by atoms with Crippen LogP contribution < -0.4 is 10.2 Å². The van der Waals surface area contributed by atoms with Gasteiger partial charge in [-0.15, -0.1) is 0 Å². The molecule has 0 spiro atoms. The largest absolute Gasteiger partial charge is 0.508 e. The van der Waals surface area contributed by atoms with E-state index < -0.39 is 5.91 Å². The van der Waals surface area contributed by atoms with E-state index in [1.165, 1.54) is 24.5 Å². The highest BCUT2D eigenvalue weighted by atomic mass is 16.5. The molecule has 6 heteroatoms. The fraction of sp³-hybridized carbons (Fsp3) is 0. The number of nitrogens with zero attached hydrogens (tertiary/aromatic N) is 2. The van der Waals surface area contributed by atoms with E-state index in [2.05, 4.69) is 15.5 Å². The number of amides is 1. The lowest BCUT2D eigenvalue weighted by Gasteiger charge is -2.06. The topological polar surface area (TPSA) is 83.8 Å². The highest BCUT2D eigenvalue weighted by Crippen LogP contribution is 2.20. The van der Waals surface area contributed by atoms with Crippen LogP contribution in [0.5, 0.6) is 17.2 Å². The van der Waals surface area contributed by atoms with Gasteiger partial charge in [-0.1, -0.05) is 18.2 Å². The Bertz CT molecular complexity index is 878. The number of ether oxygens (including phenoxy) is 1. The van der Waals surface area contributed by atoms with Gasteiger partial charge in [0, 0.05) is 12.3 Å². The Morgan fingerprint density at radius 3 is 2.56 bits per heavy atom. The first-order chi connectivity index (χ1) is 12.2. The molecule has 0 aliphatic heterocycles. The molecule has 25 heavy (non-hydrogen) atoms. The van der Waals surface area contributed by atoms with Crippen molar-refractivity contribution in [1.82, 2.24) is 10.4 Å². The summed E-state index contributed by atoms with van der Waals surface area (Å²) in [5.74, 6) is 0.897. The van der Waals surface area contributed by atoms with Crippen LogP contribution in [0.1, 0.15) is 16.1 Å². The molecule has 6 nitrogen and oxygen atoms in total. The first kappa shape index (κ1) is 16.2. The number of nitrogens with one attached hydrogen (secondary N) is 1. The molecule has 1 amide bonds. The van der Waals surface area contributed by atoms with Crippen LogP contribution in [0.25, 0.3) is 0 Å². The number of para-hydroxylation sites is 1. The number of carbonyl (C=O) groups is 1. The maximum absolute atomic E-state index is 12.1. The third kappa shape index (κ3) is 4.65. The van der Waals surface area contributed by atoms with Crippen LogP contribution in [0, 0.1) is 0 Å². The average Bonchev–Trinajstić information content (AvgIpc) is 2.64. The Labute approximate surface area is 144 Å². The van der Waals surface area contributed by atoms with E-state index in [-0.39, 0.29) is 11.4 Å². The molecule has 0 atom stereocenters. The summed E-state index contributed by atoms with van der Waals surface area (Å²) in [7, 11) is 0. The number of hydrogen-bond donors (Lipinski definition) is 2. The zero-order valence-electron chi connectivity index (χ0n) is 13.2. The van der Waals surface area contributed by atoms with E-state index in [0.717, 1.165) is 5.56 Å². The number of benzene rings is 2. The Morgan fingerprint density at radius 2 is 1.80 bits per heavy atom. The second-order valence-corrected chi connectivity index (χ2v) is 5.08. The van der Waals surface area contributed by atoms with Gasteiger partial charge < -0.3 is 9.84 Å². The third-order valence-electron chi connectivity index (χ3n) is 3.22. The molecule has 0 bridgehead atoms. The summed E-state index contributed by atoms with van der Waals surface area (Å²) in [6.45, 7) is 0. The number of aromatic hydroxyl groups is 1. The van der Waals surface area contributed by atoms with Crippen LogP contribution in [0.15, 0.2) is 78.0 Å². The second kappa shape index (κ2) is 7.74. The predicted octanol–water partition coefficient (Wildman–Crippen LogP) is 3.34. The van der Waals surface area contributed by atoms with E-state index in [1.807, 2.05) is 30.3 Å². The van der Waals surface area contributed by atoms with Gasteiger partial charge >= 0.3 is 0 Å². The van der Waals surface area contributed by atoms with Gasteiger partial charge in [0.25, 0.3) is 5.91 Å². The van der Waals surface area contributed by atoms with Crippen molar-refractivity contribution < 1.29 is 14.6 Å². The zero-order valence-corrected chi connectivity index (χ0v) is 13.2. The summed E-state index contributed by atoms with van der Waals surface area (Å²) in [5, 5.41) is 13.1. The van der Waals surface area contributed by atoms with E-state index in [1.54, 1.807) is 24.3 Å². The fourth-order valence-corrected chi connectivity index (χ4v) is 2.01. The highest BCUT2D eigenvalue weighted by Gasteiger charge is 2.08. The van der Waals surface area contributed by atoms with Gasteiger partial charge in [0.05, 0.1) is 6.21 Å². The van der Waals surface area contributed by atoms with E-state index in [9.17, 15) is 9.90 Å². The van der Waals surface area contributed by atoms with Gasteiger partial charge in [-0.25, -0.2) is 5.43 Å². The molecule has 0 unspecified atom stereocenters. The van der Waals surface area contributed by atoms with E-state index >= 15 is 0 Å². The van der Waals surface area contributed by atoms with Crippen LogP contribution in [0.3, 0.4) is 0 Å². The molecule has 0 fully saturated rings. The summed E-state index contributed by atoms with van der Waals surface area (Å²) in [6, 6.07) is 18.9. The van der Waals surface area contributed by atoms with Crippen molar-refractivity contribution in [2.75, 3.05) is 0 Å². The van der Waals surface area contributed by atoms with Crippen molar-refractivity contribution in [3.8, 4) is 17.2 Å². The molecule has 3 rings (SSSR count). The van der Waals surface area contributed by atoms with Crippen LogP contribution in [-0.4, -0.2) is 22.2 Å². The van der Waals surface area contributed by atoms with Crippen LogP contribution in [0.2, 0.25) is 0 Å². The van der Waals surface area contributed by atoms with Gasteiger partial charge in [0.2, 0.25) is 0 Å². The SMILES string of the molecule is O=C(NN=Cc1ccc(O)cc1)c1cc(Oc2ccccc2)ccn1. The summed E-state index contributed by atoms with van der Waals surface area (Å²) < 4.78 is 5.67. The first-order valence-electron chi connectivity index (χ1n) is 7.52. The minimum atomic E-state index is -0.450. The summed E-state index contributed by atoms with van der Waals surface area (Å²) in [6.07, 6.45) is 2.97. The molecule has 0 aliphatic carbocycles. The number of hydrazone groups is 1. The molecular formula is C19H15N3O3. The number of phenols is 1. The molecule has 0 saturated heterocycles. The summed E-state index contributed by atoms with van der Waals surface area (Å²) >= 11 is 0. The average molecular weight is 333 g/mol. The minimum absolute atomic E-state index is 0.167. The molecule has 2 N–H and O–H groups in total. The number of aromatic nitrogens is 1. The number of rotatable bonds is 5. The van der Waals surface area contributed by atoms with Crippen molar-refractivity contribution in [3.05, 3.63) is 84.2 Å². The zero-order chi connectivity index (χ0) is 17.5. The second-order valence-electron chi connectivity index (χ2n) is 5.08. The third-order valence-corrected chi connectivity index (χ3v) is 3.22. The van der Waals surface area contributed by atoms with Crippen LogP contribution >= 0.6 is 0 Å². The quantitative estimate of drug-likeness (QED) is 0.554. The molecule has 124 valence electrons. The van der Waals surface area contributed by atoms with Gasteiger partial charge in [-0.3, -0.25) is 9.78 Å². The Kier molecular flexibility index (Phi) is 5.01. The van der Waals surface area contributed by atoms with Gasteiger partial charge in [0.15, 0.2) is 0 Å². The molecule has 0 saturated carbocycles. The molecule has 1 aromatic heterocycles. The smallest absolute Gasteiger partial charge is 0.290 e. The summed E-state index contributed by atoms with van der Waals surface area (Å²) in [5.41, 5.74) is 3.34.